The van der Waals surface area contributed by atoms with E-state index in [1.807, 2.05) is 0 Å². The highest BCUT2D eigenvalue weighted by molar-refractivity contribution is 6.31. The highest BCUT2D eigenvalue weighted by Gasteiger charge is 2.27. The summed E-state index contributed by atoms with van der Waals surface area (Å²) in [5, 5.41) is 0.423. The topological polar surface area (TPSA) is 89.4 Å². The molecule has 1 aliphatic rings. The van der Waals surface area contributed by atoms with E-state index in [1.165, 1.54) is 0 Å². The fourth-order valence-electron chi connectivity index (χ4n) is 2.31. The Hall–Kier alpha value is -1.75. The van der Waals surface area contributed by atoms with Gasteiger partial charge in [0.05, 0.1) is 5.92 Å². The normalized spacial score (nSPS) is 19.2. The van der Waals surface area contributed by atoms with Crippen LogP contribution in [0.2, 0.25) is 5.02 Å². The molecule has 2 amide bonds. The van der Waals surface area contributed by atoms with Crippen LogP contribution >= 0.6 is 11.6 Å². The fraction of sp³-hybridized carbons (Fsp3) is 0.385. The van der Waals surface area contributed by atoms with Crippen molar-refractivity contribution in [1.82, 2.24) is 4.90 Å². The van der Waals surface area contributed by atoms with E-state index < -0.39 is 0 Å². The zero-order valence-electron chi connectivity index (χ0n) is 10.4. The molecule has 1 heterocycles. The van der Waals surface area contributed by atoms with Crippen molar-refractivity contribution < 1.29 is 9.59 Å². The number of anilines is 1. The summed E-state index contributed by atoms with van der Waals surface area (Å²) in [6.07, 6.45) is 1.51. The first kappa shape index (κ1) is 13.7. The second kappa shape index (κ2) is 5.48. The molecular formula is C13H16ClN3O2. The number of amides is 2. The maximum Gasteiger partial charge on any atom is 0.254 e. The molecule has 1 aromatic rings. The highest BCUT2D eigenvalue weighted by atomic mass is 35.5. The minimum absolute atomic E-state index is 0.167. The van der Waals surface area contributed by atoms with Crippen molar-refractivity contribution in [3.63, 3.8) is 0 Å². The molecule has 1 unspecified atom stereocenters. The minimum atomic E-state index is -0.358. The van der Waals surface area contributed by atoms with Crippen LogP contribution in [0.5, 0.6) is 0 Å². The summed E-state index contributed by atoms with van der Waals surface area (Å²) < 4.78 is 0. The van der Waals surface area contributed by atoms with E-state index in [0.29, 0.717) is 29.4 Å². The maximum absolute atomic E-state index is 12.3. The average molecular weight is 282 g/mol. The van der Waals surface area contributed by atoms with Crippen LogP contribution < -0.4 is 11.5 Å². The number of likely N-dealkylation sites (tertiary alicyclic amines) is 1. The first-order chi connectivity index (χ1) is 8.97. The Morgan fingerprint density at radius 1 is 1.32 bits per heavy atom. The standard InChI is InChI=1S/C13H16ClN3O2/c14-10-4-9(5-11(15)6-10)13(19)17-3-1-2-8(7-17)12(16)18/h4-6,8H,1-3,7,15H2,(H2,16,18). The van der Waals surface area contributed by atoms with Crippen molar-refractivity contribution in [2.45, 2.75) is 12.8 Å². The first-order valence-electron chi connectivity index (χ1n) is 6.12. The number of carbonyl (C=O) groups excluding carboxylic acids is 2. The molecule has 0 radical (unpaired) electrons. The van der Waals surface area contributed by atoms with Gasteiger partial charge in [-0.2, -0.15) is 0 Å². The second-order valence-corrected chi connectivity index (χ2v) is 5.20. The Morgan fingerprint density at radius 3 is 2.68 bits per heavy atom. The smallest absolute Gasteiger partial charge is 0.254 e. The third kappa shape index (κ3) is 3.17. The van der Waals surface area contributed by atoms with Gasteiger partial charge >= 0.3 is 0 Å². The van der Waals surface area contributed by atoms with E-state index in [0.717, 1.165) is 12.8 Å². The van der Waals surface area contributed by atoms with Gasteiger partial charge in [0, 0.05) is 29.4 Å². The van der Waals surface area contributed by atoms with Crippen molar-refractivity contribution in [3.8, 4) is 0 Å². The van der Waals surface area contributed by atoms with Crippen molar-refractivity contribution in [3.05, 3.63) is 28.8 Å². The summed E-state index contributed by atoms with van der Waals surface area (Å²) >= 11 is 5.89. The minimum Gasteiger partial charge on any atom is -0.399 e. The van der Waals surface area contributed by atoms with E-state index in [1.54, 1.807) is 23.1 Å². The third-order valence-corrected chi connectivity index (χ3v) is 3.50. The molecule has 4 N–H and O–H groups in total. The molecule has 1 fully saturated rings. The summed E-state index contributed by atoms with van der Waals surface area (Å²) in [6, 6.07) is 4.75. The molecule has 1 aliphatic heterocycles. The first-order valence-corrected chi connectivity index (χ1v) is 6.50. The Balaban J connectivity index is 2.16. The number of carbonyl (C=O) groups is 2. The van der Waals surface area contributed by atoms with E-state index in [-0.39, 0.29) is 17.7 Å². The largest absolute Gasteiger partial charge is 0.399 e. The lowest BCUT2D eigenvalue weighted by molar-refractivity contribution is -0.123. The SMILES string of the molecule is NC(=O)C1CCCN(C(=O)c2cc(N)cc(Cl)c2)C1. The van der Waals surface area contributed by atoms with E-state index in [9.17, 15) is 9.59 Å². The number of primary amides is 1. The third-order valence-electron chi connectivity index (χ3n) is 3.28. The van der Waals surface area contributed by atoms with Crippen LogP contribution in [0.3, 0.4) is 0 Å². The Bertz CT molecular complexity index is 498. The molecular weight excluding hydrogens is 266 g/mol. The number of nitrogen functional groups attached to an aromatic ring is 1. The van der Waals surface area contributed by atoms with Gasteiger partial charge in [-0.1, -0.05) is 11.6 Å². The molecule has 0 bridgehead atoms. The lowest BCUT2D eigenvalue weighted by atomic mass is 9.97. The van der Waals surface area contributed by atoms with E-state index in [2.05, 4.69) is 0 Å². The summed E-state index contributed by atoms with van der Waals surface area (Å²) in [5.74, 6) is -0.794. The van der Waals surface area contributed by atoms with Gasteiger partial charge < -0.3 is 16.4 Å². The van der Waals surface area contributed by atoms with Crippen LogP contribution in [-0.4, -0.2) is 29.8 Å². The molecule has 0 spiro atoms. The van der Waals surface area contributed by atoms with Crippen LogP contribution in [0.4, 0.5) is 5.69 Å². The van der Waals surface area contributed by atoms with E-state index >= 15 is 0 Å². The lowest BCUT2D eigenvalue weighted by Gasteiger charge is -2.31. The molecule has 1 saturated heterocycles. The molecule has 1 aromatic carbocycles. The predicted molar refractivity (Wildman–Crippen MR) is 73.7 cm³/mol. The molecule has 5 nitrogen and oxygen atoms in total. The Labute approximate surface area is 116 Å². The zero-order chi connectivity index (χ0) is 14.0. The number of halogens is 1. The van der Waals surface area contributed by atoms with Gasteiger partial charge in [-0.3, -0.25) is 9.59 Å². The molecule has 2 rings (SSSR count). The summed E-state index contributed by atoms with van der Waals surface area (Å²) in [5.41, 5.74) is 11.9. The monoisotopic (exact) mass is 281 g/mol. The van der Waals surface area contributed by atoms with Crippen molar-refractivity contribution in [2.24, 2.45) is 11.7 Å². The molecule has 6 heteroatoms. The number of nitrogens with two attached hydrogens (primary N) is 2. The molecule has 0 aliphatic carbocycles. The van der Waals surface area contributed by atoms with Crippen molar-refractivity contribution >= 4 is 29.1 Å². The maximum atomic E-state index is 12.3. The van der Waals surface area contributed by atoms with E-state index in [4.69, 9.17) is 23.1 Å². The van der Waals surface area contributed by atoms with Crippen LogP contribution in [-0.2, 0) is 4.79 Å². The highest BCUT2D eigenvalue weighted by Crippen LogP contribution is 2.21. The fourth-order valence-corrected chi connectivity index (χ4v) is 2.56. The number of hydrogen-bond acceptors (Lipinski definition) is 3. The number of rotatable bonds is 2. The number of benzene rings is 1. The Kier molecular flexibility index (Phi) is 3.95. The van der Waals surface area contributed by atoms with Crippen molar-refractivity contribution in [1.29, 1.82) is 0 Å². The molecule has 102 valence electrons. The van der Waals surface area contributed by atoms with Gasteiger partial charge in [0.25, 0.3) is 5.91 Å². The van der Waals surface area contributed by atoms with Gasteiger partial charge in [0.2, 0.25) is 5.91 Å². The summed E-state index contributed by atoms with van der Waals surface area (Å²) in [6.45, 7) is 0.982. The van der Waals surface area contributed by atoms with Gasteiger partial charge in [-0.25, -0.2) is 0 Å². The van der Waals surface area contributed by atoms with Crippen LogP contribution in [0.1, 0.15) is 23.2 Å². The average Bonchev–Trinajstić information content (AvgIpc) is 2.37. The van der Waals surface area contributed by atoms with Gasteiger partial charge in [-0.05, 0) is 31.0 Å². The summed E-state index contributed by atoms with van der Waals surface area (Å²) in [7, 11) is 0. The predicted octanol–water partition coefficient (Wildman–Crippen LogP) is 1.26. The van der Waals surface area contributed by atoms with Crippen LogP contribution in [0, 0.1) is 5.92 Å². The molecule has 0 saturated carbocycles. The zero-order valence-corrected chi connectivity index (χ0v) is 11.2. The second-order valence-electron chi connectivity index (χ2n) is 4.77. The lowest BCUT2D eigenvalue weighted by Crippen LogP contribution is -2.44. The van der Waals surface area contributed by atoms with Crippen molar-refractivity contribution in [2.75, 3.05) is 18.8 Å². The van der Waals surface area contributed by atoms with Crippen LogP contribution in [0.25, 0.3) is 0 Å². The van der Waals surface area contributed by atoms with Gasteiger partial charge in [0.15, 0.2) is 0 Å². The Morgan fingerprint density at radius 2 is 2.05 bits per heavy atom. The summed E-state index contributed by atoms with van der Waals surface area (Å²) in [4.78, 5) is 25.2. The molecule has 0 aromatic heterocycles. The van der Waals surface area contributed by atoms with Crippen LogP contribution in [0.15, 0.2) is 18.2 Å². The molecule has 19 heavy (non-hydrogen) atoms. The quantitative estimate of drug-likeness (QED) is 0.800. The molecule has 1 atom stereocenters. The number of piperidine rings is 1. The number of hydrogen-bond donors (Lipinski definition) is 2. The van der Waals surface area contributed by atoms with Gasteiger partial charge in [0.1, 0.15) is 0 Å². The number of nitrogens with zero attached hydrogens (tertiary/aromatic N) is 1. The van der Waals surface area contributed by atoms with Gasteiger partial charge in [-0.15, -0.1) is 0 Å².